The third-order valence-electron chi connectivity index (χ3n) is 2.97. The Morgan fingerprint density at radius 2 is 2.12 bits per heavy atom. The maximum absolute atomic E-state index is 6.19. The van der Waals surface area contributed by atoms with Crippen LogP contribution in [-0.2, 0) is 0 Å². The molecular formula is C13H18N4. The summed E-state index contributed by atoms with van der Waals surface area (Å²) in [5.41, 5.74) is 9.23. The average molecular weight is 230 g/mol. The van der Waals surface area contributed by atoms with E-state index in [1.165, 1.54) is 0 Å². The largest absolute Gasteiger partial charge is 0.322 e. The van der Waals surface area contributed by atoms with Crippen molar-refractivity contribution in [1.29, 1.82) is 0 Å². The lowest BCUT2D eigenvalue weighted by molar-refractivity contribution is 0.496. The Labute approximate surface area is 102 Å². The van der Waals surface area contributed by atoms with Crippen LogP contribution in [-0.4, -0.2) is 14.5 Å². The summed E-state index contributed by atoms with van der Waals surface area (Å²) in [6.45, 7) is 6.20. The molecule has 0 spiro atoms. The van der Waals surface area contributed by atoms with Gasteiger partial charge in [0.1, 0.15) is 0 Å². The fourth-order valence-electron chi connectivity index (χ4n) is 1.83. The summed E-state index contributed by atoms with van der Waals surface area (Å²) in [6, 6.07) is 3.94. The number of imidazole rings is 1. The highest BCUT2D eigenvalue weighted by Crippen LogP contribution is 2.22. The lowest BCUT2D eigenvalue weighted by Gasteiger charge is -2.18. The molecule has 0 bridgehead atoms. The minimum atomic E-state index is -0.0166. The molecule has 1 unspecified atom stereocenters. The predicted molar refractivity (Wildman–Crippen MR) is 67.9 cm³/mol. The molecule has 2 aromatic rings. The molecule has 0 fully saturated rings. The van der Waals surface area contributed by atoms with Crippen molar-refractivity contribution >= 4 is 0 Å². The van der Waals surface area contributed by atoms with Gasteiger partial charge in [0.25, 0.3) is 0 Å². The van der Waals surface area contributed by atoms with E-state index < -0.39 is 0 Å². The van der Waals surface area contributed by atoms with Gasteiger partial charge in [0, 0.05) is 12.2 Å². The quantitative estimate of drug-likeness (QED) is 0.879. The van der Waals surface area contributed by atoms with Crippen molar-refractivity contribution in [3.05, 3.63) is 42.2 Å². The topological polar surface area (TPSA) is 56.7 Å². The second-order valence-electron chi connectivity index (χ2n) is 4.57. The molecule has 0 aliphatic rings. The van der Waals surface area contributed by atoms with Crippen LogP contribution in [0.4, 0.5) is 0 Å². The van der Waals surface area contributed by atoms with Crippen molar-refractivity contribution in [3.63, 3.8) is 0 Å². The van der Waals surface area contributed by atoms with Crippen LogP contribution in [0, 0.1) is 12.8 Å². The van der Waals surface area contributed by atoms with E-state index in [2.05, 4.69) is 23.8 Å². The maximum Gasteiger partial charge on any atom is 0.0995 e. The van der Waals surface area contributed by atoms with Crippen LogP contribution < -0.4 is 5.73 Å². The molecule has 4 heteroatoms. The summed E-state index contributed by atoms with van der Waals surface area (Å²) in [7, 11) is 0. The molecule has 2 aromatic heterocycles. The number of nitrogens with two attached hydrogens (primary N) is 1. The third-order valence-corrected chi connectivity index (χ3v) is 2.97. The molecule has 0 amide bonds. The first-order valence-electron chi connectivity index (χ1n) is 5.81. The second-order valence-corrected chi connectivity index (χ2v) is 4.57. The number of pyridine rings is 1. The summed E-state index contributed by atoms with van der Waals surface area (Å²) in [6.07, 6.45) is 5.41. The van der Waals surface area contributed by atoms with Gasteiger partial charge in [-0.05, 0) is 25.0 Å². The molecular weight excluding hydrogens is 212 g/mol. The van der Waals surface area contributed by atoms with E-state index in [4.69, 9.17) is 5.73 Å². The van der Waals surface area contributed by atoms with E-state index >= 15 is 0 Å². The summed E-state index contributed by atoms with van der Waals surface area (Å²) in [5.74, 6) is 0.377. The molecule has 0 saturated heterocycles. The summed E-state index contributed by atoms with van der Waals surface area (Å²) >= 11 is 0. The molecule has 1 atom stereocenters. The number of hydrogen-bond acceptors (Lipinski definition) is 3. The average Bonchev–Trinajstić information content (AvgIpc) is 2.77. The Balaban J connectivity index is 2.48. The number of aryl methyl sites for hydroxylation is 1. The summed E-state index contributed by atoms with van der Waals surface area (Å²) in [5, 5.41) is 0. The van der Waals surface area contributed by atoms with Crippen molar-refractivity contribution in [3.8, 4) is 5.69 Å². The van der Waals surface area contributed by atoms with Gasteiger partial charge < -0.3 is 5.73 Å². The van der Waals surface area contributed by atoms with E-state index in [0.29, 0.717) is 5.92 Å². The number of aromatic nitrogens is 3. The smallest absolute Gasteiger partial charge is 0.0995 e. The number of hydrogen-bond donors (Lipinski definition) is 1. The van der Waals surface area contributed by atoms with Crippen molar-refractivity contribution in [2.75, 3.05) is 0 Å². The van der Waals surface area contributed by atoms with Crippen molar-refractivity contribution in [2.45, 2.75) is 26.8 Å². The van der Waals surface area contributed by atoms with Crippen LogP contribution in [0.3, 0.4) is 0 Å². The standard InChI is InChI=1S/C13H18N4/c1-9(2)13(14)12-7-15-8-17(12)11-5-4-6-16-10(11)3/h4-9,13H,14H2,1-3H3. The summed E-state index contributed by atoms with van der Waals surface area (Å²) < 4.78 is 2.02. The van der Waals surface area contributed by atoms with E-state index in [-0.39, 0.29) is 6.04 Å². The van der Waals surface area contributed by atoms with Crippen LogP contribution in [0.25, 0.3) is 5.69 Å². The molecule has 2 rings (SSSR count). The first kappa shape index (κ1) is 11.8. The highest BCUT2D eigenvalue weighted by molar-refractivity contribution is 5.37. The van der Waals surface area contributed by atoms with Gasteiger partial charge in [0.05, 0.1) is 29.6 Å². The van der Waals surface area contributed by atoms with E-state index in [1.54, 1.807) is 12.5 Å². The Bertz CT molecular complexity index is 502. The Morgan fingerprint density at radius 3 is 2.76 bits per heavy atom. The molecule has 0 saturated carbocycles. The van der Waals surface area contributed by atoms with Gasteiger partial charge in [0.2, 0.25) is 0 Å². The van der Waals surface area contributed by atoms with Gasteiger partial charge in [-0.1, -0.05) is 13.8 Å². The monoisotopic (exact) mass is 230 g/mol. The van der Waals surface area contributed by atoms with E-state index in [1.807, 2.05) is 29.8 Å². The Morgan fingerprint density at radius 1 is 1.35 bits per heavy atom. The molecule has 17 heavy (non-hydrogen) atoms. The molecule has 2 heterocycles. The Hall–Kier alpha value is -1.68. The van der Waals surface area contributed by atoms with Gasteiger partial charge in [0.15, 0.2) is 0 Å². The zero-order valence-electron chi connectivity index (χ0n) is 10.5. The number of nitrogens with zero attached hydrogens (tertiary/aromatic N) is 3. The van der Waals surface area contributed by atoms with Crippen LogP contribution in [0.5, 0.6) is 0 Å². The van der Waals surface area contributed by atoms with Crippen LogP contribution in [0.2, 0.25) is 0 Å². The molecule has 90 valence electrons. The van der Waals surface area contributed by atoms with Gasteiger partial charge in [-0.2, -0.15) is 0 Å². The van der Waals surface area contributed by atoms with Gasteiger partial charge in [-0.3, -0.25) is 9.55 Å². The minimum Gasteiger partial charge on any atom is -0.322 e. The lowest BCUT2D eigenvalue weighted by atomic mass is 10.0. The fourth-order valence-corrected chi connectivity index (χ4v) is 1.83. The zero-order chi connectivity index (χ0) is 12.4. The zero-order valence-corrected chi connectivity index (χ0v) is 10.5. The fraction of sp³-hybridized carbons (Fsp3) is 0.385. The van der Waals surface area contributed by atoms with E-state index in [0.717, 1.165) is 17.1 Å². The lowest BCUT2D eigenvalue weighted by Crippen LogP contribution is -2.20. The summed E-state index contributed by atoms with van der Waals surface area (Å²) in [4.78, 5) is 8.49. The Kier molecular flexibility index (Phi) is 3.24. The first-order valence-corrected chi connectivity index (χ1v) is 5.81. The highest BCUT2D eigenvalue weighted by Gasteiger charge is 2.16. The van der Waals surface area contributed by atoms with Crippen molar-refractivity contribution in [1.82, 2.24) is 14.5 Å². The maximum atomic E-state index is 6.19. The van der Waals surface area contributed by atoms with Gasteiger partial charge in [-0.25, -0.2) is 4.98 Å². The third kappa shape index (κ3) is 2.22. The van der Waals surface area contributed by atoms with Crippen LogP contribution >= 0.6 is 0 Å². The molecule has 0 aliphatic carbocycles. The number of rotatable bonds is 3. The normalized spacial score (nSPS) is 13.0. The molecule has 0 aromatic carbocycles. The molecule has 2 N–H and O–H groups in total. The SMILES string of the molecule is Cc1ncccc1-n1cncc1C(N)C(C)C. The van der Waals surface area contributed by atoms with Crippen LogP contribution in [0.15, 0.2) is 30.9 Å². The second kappa shape index (κ2) is 4.67. The first-order chi connectivity index (χ1) is 8.11. The van der Waals surface area contributed by atoms with Crippen molar-refractivity contribution in [2.24, 2.45) is 11.7 Å². The minimum absolute atomic E-state index is 0.0166. The van der Waals surface area contributed by atoms with Crippen molar-refractivity contribution < 1.29 is 0 Å². The molecule has 0 radical (unpaired) electrons. The molecule has 4 nitrogen and oxygen atoms in total. The van der Waals surface area contributed by atoms with Crippen LogP contribution in [0.1, 0.15) is 31.3 Å². The molecule has 0 aliphatic heterocycles. The van der Waals surface area contributed by atoms with E-state index in [9.17, 15) is 0 Å². The predicted octanol–water partition coefficient (Wildman–Crippen LogP) is 2.23. The highest BCUT2D eigenvalue weighted by atomic mass is 15.1. The van der Waals surface area contributed by atoms with Gasteiger partial charge in [-0.15, -0.1) is 0 Å². The van der Waals surface area contributed by atoms with Gasteiger partial charge >= 0.3 is 0 Å².